The lowest BCUT2D eigenvalue weighted by atomic mass is 9.84. The highest BCUT2D eigenvalue weighted by Gasteiger charge is 2.44. The molecule has 0 aromatic heterocycles. The second kappa shape index (κ2) is 9.45. The van der Waals surface area contributed by atoms with Gasteiger partial charge in [-0.3, -0.25) is 4.79 Å². The van der Waals surface area contributed by atoms with E-state index in [9.17, 15) is 20.1 Å². The summed E-state index contributed by atoms with van der Waals surface area (Å²) in [5, 5.41) is 30.6. The van der Waals surface area contributed by atoms with Crippen LogP contribution in [0.25, 0.3) is 0 Å². The van der Waals surface area contributed by atoms with E-state index in [1.54, 1.807) is 4.90 Å². The predicted octanol–water partition coefficient (Wildman–Crippen LogP) is 3.87. The number of fused-ring (bicyclic) bond motifs is 3. The van der Waals surface area contributed by atoms with Crippen molar-refractivity contribution in [3.05, 3.63) is 46.1 Å². The summed E-state index contributed by atoms with van der Waals surface area (Å²) in [7, 11) is 0. The smallest absolute Gasteiger partial charge is 0.254 e. The van der Waals surface area contributed by atoms with Gasteiger partial charge in [0.2, 0.25) is 0 Å². The molecule has 2 aliphatic rings. The number of β-amino-alcohol motifs (C(OH)–C–C–N with tert-alkyl or cyclic N) is 1. The number of rotatable bonds is 8. The van der Waals surface area contributed by atoms with Gasteiger partial charge >= 0.3 is 0 Å². The number of hydrogen-bond donors (Lipinski definition) is 3. The van der Waals surface area contributed by atoms with Gasteiger partial charge in [-0.25, -0.2) is 0 Å². The number of phenolic OH excluding ortho intramolecular Hbond substituents is 1. The maximum Gasteiger partial charge on any atom is 0.254 e. The van der Waals surface area contributed by atoms with E-state index in [0.717, 1.165) is 24.8 Å². The van der Waals surface area contributed by atoms with E-state index < -0.39 is 11.7 Å². The average Bonchev–Trinajstić information content (AvgIpc) is 3.00. The van der Waals surface area contributed by atoms with Crippen molar-refractivity contribution in [2.75, 3.05) is 13.2 Å². The molecule has 0 unspecified atom stereocenters. The Morgan fingerprint density at radius 3 is 2.68 bits per heavy atom. The van der Waals surface area contributed by atoms with Gasteiger partial charge in [-0.1, -0.05) is 23.3 Å². The minimum atomic E-state index is -0.807. The number of phenols is 1. The molecule has 31 heavy (non-hydrogen) atoms. The number of hydrogen-bond acceptors (Lipinski definition) is 5. The number of aromatic hydroxyl groups is 1. The second-order valence-electron chi connectivity index (χ2n) is 9.22. The summed E-state index contributed by atoms with van der Waals surface area (Å²) in [4.78, 5) is 14.2. The van der Waals surface area contributed by atoms with Crippen LogP contribution in [0, 0.1) is 0 Å². The lowest BCUT2D eigenvalue weighted by Crippen LogP contribution is -2.49. The van der Waals surface area contributed by atoms with Gasteiger partial charge in [0, 0.05) is 24.1 Å². The first-order valence-corrected chi connectivity index (χ1v) is 11.1. The van der Waals surface area contributed by atoms with Gasteiger partial charge in [-0.15, -0.1) is 0 Å². The molecule has 0 saturated heterocycles. The third-order valence-corrected chi connectivity index (χ3v) is 6.36. The third-order valence-electron chi connectivity index (χ3n) is 6.36. The van der Waals surface area contributed by atoms with Gasteiger partial charge in [0.15, 0.2) is 0 Å². The topological polar surface area (TPSA) is 90.2 Å². The molecule has 1 aromatic rings. The lowest BCUT2D eigenvalue weighted by Gasteiger charge is -2.40. The lowest BCUT2D eigenvalue weighted by molar-refractivity contribution is -0.0599. The Morgan fingerprint density at radius 2 is 2.00 bits per heavy atom. The van der Waals surface area contributed by atoms with Crippen LogP contribution < -0.4 is 4.74 Å². The van der Waals surface area contributed by atoms with Gasteiger partial charge in [0.25, 0.3) is 5.91 Å². The van der Waals surface area contributed by atoms with E-state index in [1.165, 1.54) is 17.2 Å². The van der Waals surface area contributed by atoms with Gasteiger partial charge in [0.1, 0.15) is 17.1 Å². The molecular formula is C25H35NO5. The number of carbonyl (C=O) groups excluding carboxylic acids is 1. The number of carbonyl (C=O) groups is 1. The number of aliphatic hydroxyl groups is 2. The molecular weight excluding hydrogens is 394 g/mol. The van der Waals surface area contributed by atoms with Crippen LogP contribution in [0.5, 0.6) is 11.5 Å². The van der Waals surface area contributed by atoms with Crippen molar-refractivity contribution in [2.45, 2.75) is 78.0 Å². The minimum absolute atomic E-state index is 0.0240. The van der Waals surface area contributed by atoms with E-state index in [1.807, 2.05) is 6.92 Å². The molecule has 2 atom stereocenters. The van der Waals surface area contributed by atoms with Crippen LogP contribution in [-0.4, -0.2) is 51.0 Å². The molecule has 6 nitrogen and oxygen atoms in total. The van der Waals surface area contributed by atoms with Crippen LogP contribution in [0.4, 0.5) is 0 Å². The molecule has 3 rings (SSSR count). The first kappa shape index (κ1) is 23.4. The molecule has 2 aliphatic heterocycles. The maximum absolute atomic E-state index is 12.6. The Bertz CT molecular complexity index is 900. The van der Waals surface area contributed by atoms with E-state index >= 15 is 0 Å². The number of amides is 1. The fourth-order valence-corrected chi connectivity index (χ4v) is 4.36. The largest absolute Gasteiger partial charge is 0.508 e. The quantitative estimate of drug-likeness (QED) is 0.546. The zero-order valence-corrected chi connectivity index (χ0v) is 19.1. The summed E-state index contributed by atoms with van der Waals surface area (Å²) in [6.07, 6.45) is 7.41. The minimum Gasteiger partial charge on any atom is -0.508 e. The molecule has 0 bridgehead atoms. The Morgan fingerprint density at radius 1 is 1.26 bits per heavy atom. The molecule has 0 saturated carbocycles. The van der Waals surface area contributed by atoms with Crippen LogP contribution in [0.3, 0.4) is 0 Å². The molecule has 2 heterocycles. The molecule has 3 N–H and O–H groups in total. The molecule has 1 amide bonds. The van der Waals surface area contributed by atoms with Crippen LogP contribution in [0.15, 0.2) is 29.4 Å². The molecule has 6 heteroatoms. The van der Waals surface area contributed by atoms with Crippen molar-refractivity contribution >= 4 is 5.91 Å². The fourth-order valence-electron chi connectivity index (χ4n) is 4.36. The van der Waals surface area contributed by atoms with E-state index in [-0.39, 0.29) is 31.2 Å². The van der Waals surface area contributed by atoms with Crippen LogP contribution in [0.1, 0.15) is 74.9 Å². The zero-order valence-electron chi connectivity index (χ0n) is 19.1. The van der Waals surface area contributed by atoms with Crippen molar-refractivity contribution in [1.29, 1.82) is 0 Å². The van der Waals surface area contributed by atoms with E-state index in [4.69, 9.17) is 4.74 Å². The molecule has 0 radical (unpaired) electrons. The predicted molar refractivity (Wildman–Crippen MR) is 120 cm³/mol. The first-order chi connectivity index (χ1) is 14.7. The summed E-state index contributed by atoms with van der Waals surface area (Å²) in [5.41, 5.74) is 3.53. The standard InChI is InChI=1S/C25H35NO5/c1-16(2)7-5-8-17(3)9-6-10-25(4)22(29)14-19-21(28)13-18-20(23(19)31-25)15-26(11-12-27)24(18)30/h7,9,13,22,27-29H,5-6,8,10-12,14-15H2,1-4H3/b17-9+/t22-,25-/m1/s1. The Kier molecular flexibility index (Phi) is 7.12. The molecule has 0 aliphatic carbocycles. The second-order valence-corrected chi connectivity index (χ2v) is 9.22. The van der Waals surface area contributed by atoms with Crippen molar-refractivity contribution in [1.82, 2.24) is 4.90 Å². The Hall–Kier alpha value is -2.31. The number of allylic oxidation sites excluding steroid dienone is 4. The Balaban J connectivity index is 1.77. The monoisotopic (exact) mass is 429 g/mol. The Labute approximate surface area is 184 Å². The molecule has 0 spiro atoms. The fraction of sp³-hybridized carbons (Fsp3) is 0.560. The first-order valence-electron chi connectivity index (χ1n) is 11.1. The number of benzene rings is 1. The van der Waals surface area contributed by atoms with E-state index in [0.29, 0.717) is 29.8 Å². The van der Waals surface area contributed by atoms with Crippen molar-refractivity contribution in [3.63, 3.8) is 0 Å². The summed E-state index contributed by atoms with van der Waals surface area (Å²) in [6.45, 7) is 8.68. The highest BCUT2D eigenvalue weighted by atomic mass is 16.5. The normalized spacial score (nSPS) is 22.8. The third kappa shape index (κ3) is 4.96. The van der Waals surface area contributed by atoms with Crippen LogP contribution >= 0.6 is 0 Å². The summed E-state index contributed by atoms with van der Waals surface area (Å²) < 4.78 is 6.33. The average molecular weight is 430 g/mol. The highest BCUT2D eigenvalue weighted by Crippen LogP contribution is 2.46. The number of aliphatic hydroxyl groups excluding tert-OH is 2. The summed E-state index contributed by atoms with van der Waals surface area (Å²) in [6, 6.07) is 1.46. The van der Waals surface area contributed by atoms with Gasteiger partial charge in [-0.05, 0) is 59.4 Å². The van der Waals surface area contributed by atoms with Gasteiger partial charge in [-0.2, -0.15) is 0 Å². The highest BCUT2D eigenvalue weighted by molar-refractivity contribution is 6.00. The van der Waals surface area contributed by atoms with Crippen LogP contribution in [-0.2, 0) is 13.0 Å². The molecule has 1 aromatic carbocycles. The van der Waals surface area contributed by atoms with E-state index in [2.05, 4.69) is 32.9 Å². The SMILES string of the molecule is CC(C)=CCC/C(C)=C/CC[C@@]1(C)Oc2c(c(O)cc3c2CN(CCO)C3=O)C[C@H]1O. The van der Waals surface area contributed by atoms with Crippen molar-refractivity contribution < 1.29 is 24.9 Å². The summed E-state index contributed by atoms with van der Waals surface area (Å²) >= 11 is 0. The van der Waals surface area contributed by atoms with Crippen molar-refractivity contribution in [3.8, 4) is 11.5 Å². The molecule has 0 fully saturated rings. The number of ether oxygens (including phenoxy) is 1. The van der Waals surface area contributed by atoms with Gasteiger partial charge in [0.05, 0.1) is 24.8 Å². The number of nitrogens with zero attached hydrogens (tertiary/aromatic N) is 1. The maximum atomic E-state index is 12.6. The van der Waals surface area contributed by atoms with Crippen molar-refractivity contribution in [2.24, 2.45) is 0 Å². The van der Waals surface area contributed by atoms with Crippen LogP contribution in [0.2, 0.25) is 0 Å². The molecule has 170 valence electrons. The summed E-state index contributed by atoms with van der Waals surface area (Å²) in [5.74, 6) is 0.276. The van der Waals surface area contributed by atoms with Gasteiger partial charge < -0.3 is 25.0 Å². The zero-order chi connectivity index (χ0) is 22.8.